The molecule has 96 valence electrons. The molecule has 5 nitrogen and oxygen atoms in total. The number of nitrogen functional groups attached to an aromatic ring is 1. The average molecular weight is 312 g/mol. The number of carbonyl (C=O) groups excluding carboxylic acids is 1. The van der Waals surface area contributed by atoms with Gasteiger partial charge in [0.1, 0.15) is 0 Å². The molecule has 0 atom stereocenters. The number of Topliss-reactive ketones (excluding diaryl/α,β-unsaturated/α-hetero) is 1. The topological polar surface area (TPSA) is 73.0 Å². The van der Waals surface area contributed by atoms with Crippen molar-refractivity contribution >= 4 is 11.8 Å². The quantitative estimate of drug-likeness (QED) is 0.528. The fraction of sp³-hybridized carbons (Fsp3) is 0.250. The molecule has 2 aromatic rings. The second-order valence-electron chi connectivity index (χ2n) is 3.91. The van der Waals surface area contributed by atoms with E-state index in [0.717, 1.165) is 5.56 Å². The fourth-order valence-corrected chi connectivity index (χ4v) is 1.52. The number of carbonyl (C=O) groups is 1. The Bertz CT molecular complexity index is 549. The van der Waals surface area contributed by atoms with Gasteiger partial charge in [0.2, 0.25) is 11.7 Å². The lowest BCUT2D eigenvalue weighted by molar-refractivity contribution is -0.727. The smallest absolute Gasteiger partial charge is 0.475 e. The Morgan fingerprint density at radius 2 is 1.94 bits per heavy atom. The first-order valence-corrected chi connectivity index (χ1v) is 5.29. The molecule has 6 heteroatoms. The van der Waals surface area contributed by atoms with E-state index < -0.39 is 0 Å². The number of hydrogen-bond donors (Lipinski definition) is 1. The first-order valence-electron chi connectivity index (χ1n) is 5.29. The standard InChI is InChI=1S/C12H13N3O2.BrH/c1-8-3-5-10(6-4-8)11(16)7-15-12(13)17-9(2)14-15;/h3-6,13H,7H2,1-2H3;1H. The van der Waals surface area contributed by atoms with Gasteiger partial charge in [-0.3, -0.25) is 10.5 Å². The van der Waals surface area contributed by atoms with Gasteiger partial charge in [-0.05, 0) is 12.0 Å². The third-order valence-corrected chi connectivity index (χ3v) is 2.44. The number of aryl methyl sites for hydroxylation is 2. The molecule has 2 rings (SSSR count). The summed E-state index contributed by atoms with van der Waals surface area (Å²) in [6, 6.07) is 7.52. The van der Waals surface area contributed by atoms with E-state index in [-0.39, 0.29) is 35.3 Å². The zero-order chi connectivity index (χ0) is 12.4. The van der Waals surface area contributed by atoms with Gasteiger partial charge in [0.05, 0.1) is 0 Å². The van der Waals surface area contributed by atoms with Crippen molar-refractivity contribution in [3.63, 3.8) is 0 Å². The summed E-state index contributed by atoms with van der Waals surface area (Å²) in [5.74, 6) is 0.397. The predicted molar refractivity (Wildman–Crippen MR) is 61.4 cm³/mol. The third kappa shape index (κ3) is 3.16. The molecule has 0 radical (unpaired) electrons. The van der Waals surface area contributed by atoms with E-state index in [9.17, 15) is 4.79 Å². The SMILES string of the molecule is Cc1ccc(C(=O)C[n+]2nc(C)oc2N)cc1.[Br-]. The van der Waals surface area contributed by atoms with Crippen LogP contribution in [0.4, 0.5) is 6.01 Å². The van der Waals surface area contributed by atoms with Crippen molar-refractivity contribution in [2.45, 2.75) is 20.4 Å². The largest absolute Gasteiger partial charge is 1.00 e. The van der Waals surface area contributed by atoms with Crippen molar-refractivity contribution in [2.75, 3.05) is 5.73 Å². The fourth-order valence-electron chi connectivity index (χ4n) is 1.52. The Labute approximate surface area is 115 Å². The van der Waals surface area contributed by atoms with Gasteiger partial charge in [0.15, 0.2) is 6.54 Å². The maximum absolute atomic E-state index is 11.9. The number of ketones is 1. The van der Waals surface area contributed by atoms with Gasteiger partial charge in [0.25, 0.3) is 0 Å². The van der Waals surface area contributed by atoms with Crippen molar-refractivity contribution < 1.29 is 30.9 Å². The van der Waals surface area contributed by atoms with Gasteiger partial charge in [-0.2, -0.15) is 0 Å². The first kappa shape index (κ1) is 14.4. The Morgan fingerprint density at radius 1 is 1.33 bits per heavy atom. The van der Waals surface area contributed by atoms with Crippen molar-refractivity contribution in [2.24, 2.45) is 0 Å². The van der Waals surface area contributed by atoms with Gasteiger partial charge in [-0.15, -0.1) is 0 Å². The molecule has 1 aromatic carbocycles. The van der Waals surface area contributed by atoms with Gasteiger partial charge in [0, 0.05) is 12.5 Å². The van der Waals surface area contributed by atoms with Crippen LogP contribution in [0, 0.1) is 13.8 Å². The van der Waals surface area contributed by atoms with Crippen LogP contribution in [0.2, 0.25) is 0 Å². The zero-order valence-corrected chi connectivity index (χ0v) is 11.8. The summed E-state index contributed by atoms with van der Waals surface area (Å²) in [5, 5.41) is 4.00. The summed E-state index contributed by atoms with van der Waals surface area (Å²) in [4.78, 5) is 11.9. The predicted octanol–water partition coefficient (Wildman–Crippen LogP) is -1.95. The Balaban J connectivity index is 0.00000162. The number of nitrogens with two attached hydrogens (primary N) is 1. The summed E-state index contributed by atoms with van der Waals surface area (Å²) in [6.45, 7) is 3.75. The van der Waals surface area contributed by atoms with E-state index in [1.54, 1.807) is 19.1 Å². The summed E-state index contributed by atoms with van der Waals surface area (Å²) in [7, 11) is 0. The van der Waals surface area contributed by atoms with E-state index in [1.807, 2.05) is 19.1 Å². The molecule has 1 heterocycles. The number of nitrogens with zero attached hydrogens (tertiary/aromatic N) is 2. The van der Waals surface area contributed by atoms with Crippen LogP contribution >= 0.6 is 0 Å². The summed E-state index contributed by atoms with van der Waals surface area (Å²) in [5.41, 5.74) is 7.33. The molecule has 18 heavy (non-hydrogen) atoms. The number of hydrogen-bond acceptors (Lipinski definition) is 4. The maximum atomic E-state index is 11.9. The highest BCUT2D eigenvalue weighted by Crippen LogP contribution is 2.05. The molecule has 0 saturated heterocycles. The number of benzene rings is 1. The van der Waals surface area contributed by atoms with Crippen LogP contribution in [-0.2, 0) is 6.54 Å². The van der Waals surface area contributed by atoms with E-state index >= 15 is 0 Å². The normalized spacial score (nSPS) is 9.89. The van der Waals surface area contributed by atoms with Gasteiger partial charge in [-0.1, -0.05) is 34.5 Å². The highest BCUT2D eigenvalue weighted by Gasteiger charge is 2.18. The molecule has 0 aliphatic heterocycles. The van der Waals surface area contributed by atoms with E-state index in [4.69, 9.17) is 10.2 Å². The second kappa shape index (κ2) is 5.77. The Morgan fingerprint density at radius 3 is 2.44 bits per heavy atom. The van der Waals surface area contributed by atoms with Crippen LogP contribution in [0.1, 0.15) is 21.8 Å². The lowest BCUT2D eigenvalue weighted by Crippen LogP contribution is -3.00. The molecule has 1 aromatic heterocycles. The lowest BCUT2D eigenvalue weighted by Gasteiger charge is -1.98. The molecule has 0 amide bonds. The minimum Gasteiger partial charge on any atom is -1.00 e. The molecule has 2 N–H and O–H groups in total. The highest BCUT2D eigenvalue weighted by molar-refractivity contribution is 5.95. The van der Waals surface area contributed by atoms with Crippen LogP contribution in [0.5, 0.6) is 0 Å². The monoisotopic (exact) mass is 311 g/mol. The van der Waals surface area contributed by atoms with Crippen molar-refractivity contribution in [3.8, 4) is 0 Å². The van der Waals surface area contributed by atoms with Crippen LogP contribution in [0.15, 0.2) is 28.7 Å². The molecule has 0 aliphatic rings. The van der Waals surface area contributed by atoms with Gasteiger partial charge < -0.3 is 21.4 Å². The van der Waals surface area contributed by atoms with Gasteiger partial charge >= 0.3 is 6.01 Å². The van der Waals surface area contributed by atoms with Gasteiger partial charge in [-0.25, -0.2) is 0 Å². The molecular formula is C12H14BrN3O2. The molecule has 0 bridgehead atoms. The molecule has 0 fully saturated rings. The van der Waals surface area contributed by atoms with Crippen molar-refractivity contribution in [3.05, 3.63) is 41.3 Å². The lowest BCUT2D eigenvalue weighted by atomic mass is 10.1. The van der Waals surface area contributed by atoms with E-state index in [0.29, 0.717) is 11.5 Å². The number of aromatic nitrogens is 2. The Hall–Kier alpha value is -1.69. The molecule has 0 unspecified atom stereocenters. The second-order valence-corrected chi connectivity index (χ2v) is 3.91. The van der Waals surface area contributed by atoms with Crippen LogP contribution in [-0.4, -0.2) is 10.9 Å². The van der Waals surface area contributed by atoms with E-state index in [1.165, 1.54) is 4.68 Å². The average Bonchev–Trinajstić information content (AvgIpc) is 2.58. The van der Waals surface area contributed by atoms with Crippen LogP contribution < -0.4 is 27.4 Å². The van der Waals surface area contributed by atoms with Crippen LogP contribution in [0.3, 0.4) is 0 Å². The molecule has 0 saturated carbocycles. The van der Waals surface area contributed by atoms with Crippen molar-refractivity contribution in [1.29, 1.82) is 0 Å². The minimum absolute atomic E-state index is 0. The molecule has 0 spiro atoms. The van der Waals surface area contributed by atoms with Crippen molar-refractivity contribution in [1.82, 2.24) is 5.10 Å². The number of anilines is 1. The van der Waals surface area contributed by atoms with E-state index in [2.05, 4.69) is 5.10 Å². The minimum atomic E-state index is -0.0463. The Kier molecular flexibility index (Phi) is 4.61. The summed E-state index contributed by atoms with van der Waals surface area (Å²) < 4.78 is 6.41. The number of rotatable bonds is 3. The maximum Gasteiger partial charge on any atom is 0.475 e. The molecule has 0 aliphatic carbocycles. The summed E-state index contributed by atoms with van der Waals surface area (Å²) >= 11 is 0. The highest BCUT2D eigenvalue weighted by atomic mass is 79.9. The van der Waals surface area contributed by atoms with Crippen LogP contribution in [0.25, 0.3) is 0 Å². The number of halogens is 1. The zero-order valence-electron chi connectivity index (χ0n) is 10.2. The molecular weight excluding hydrogens is 298 g/mol. The summed E-state index contributed by atoms with van der Waals surface area (Å²) in [6.07, 6.45) is 0. The first-order chi connectivity index (χ1) is 8.06. The third-order valence-electron chi connectivity index (χ3n) is 2.44.